The first-order valence-corrected chi connectivity index (χ1v) is 9.91. The summed E-state index contributed by atoms with van der Waals surface area (Å²) in [6.07, 6.45) is 0.597. The molecule has 1 aromatic heterocycles. The molecule has 1 amide bonds. The highest BCUT2D eigenvalue weighted by Crippen LogP contribution is 2.25. The Kier molecular flexibility index (Phi) is 4.08. The highest BCUT2D eigenvalue weighted by Gasteiger charge is 2.28. The molecular formula is C19H17N3O3S. The zero-order valence-electron chi connectivity index (χ0n) is 13.9. The number of pyridine rings is 1. The molecule has 1 aliphatic heterocycles. The normalized spacial score (nSPS) is 15.9. The van der Waals surface area contributed by atoms with E-state index >= 15 is 0 Å². The van der Waals surface area contributed by atoms with Gasteiger partial charge in [-0.05, 0) is 42.8 Å². The number of nitrogens with zero attached hydrogens (tertiary/aromatic N) is 2. The summed E-state index contributed by atoms with van der Waals surface area (Å²) in [5, 5.41) is 3.76. The number of carbonyl (C=O) groups excluding carboxylic acids is 1. The van der Waals surface area contributed by atoms with Crippen LogP contribution in [0.3, 0.4) is 0 Å². The Morgan fingerprint density at radius 2 is 1.88 bits per heavy atom. The van der Waals surface area contributed by atoms with Gasteiger partial charge in [0.25, 0.3) is 5.91 Å². The maximum Gasteiger partial charge on any atom is 0.256 e. The van der Waals surface area contributed by atoms with Crippen molar-refractivity contribution in [3.63, 3.8) is 0 Å². The molecule has 2 aromatic carbocycles. The Morgan fingerprint density at radius 1 is 1.04 bits per heavy atom. The van der Waals surface area contributed by atoms with Gasteiger partial charge in [-0.15, -0.1) is 0 Å². The van der Waals surface area contributed by atoms with Crippen molar-refractivity contribution in [2.45, 2.75) is 6.42 Å². The first-order valence-electron chi connectivity index (χ1n) is 8.31. The van der Waals surface area contributed by atoms with Crippen molar-refractivity contribution in [2.75, 3.05) is 21.9 Å². The number of sulfonamides is 1. The zero-order valence-corrected chi connectivity index (χ0v) is 14.7. The van der Waals surface area contributed by atoms with E-state index in [4.69, 9.17) is 0 Å². The van der Waals surface area contributed by atoms with Gasteiger partial charge >= 0.3 is 0 Å². The van der Waals surface area contributed by atoms with E-state index < -0.39 is 10.0 Å². The van der Waals surface area contributed by atoms with E-state index in [1.165, 1.54) is 4.31 Å². The summed E-state index contributed by atoms with van der Waals surface area (Å²) < 4.78 is 25.5. The number of benzene rings is 2. The van der Waals surface area contributed by atoms with Crippen molar-refractivity contribution < 1.29 is 13.2 Å². The highest BCUT2D eigenvalue weighted by atomic mass is 32.2. The lowest BCUT2D eigenvalue weighted by Gasteiger charge is -2.17. The predicted octanol–water partition coefficient (Wildman–Crippen LogP) is 3.03. The average molecular weight is 367 g/mol. The number of carbonyl (C=O) groups is 1. The van der Waals surface area contributed by atoms with E-state index in [1.807, 2.05) is 30.3 Å². The Labute approximate surface area is 151 Å². The van der Waals surface area contributed by atoms with Crippen LogP contribution in [0.15, 0.2) is 60.7 Å². The standard InChI is InChI=1S/C19H17N3O3S/c23-19(21-18-10-9-14-5-1-2-8-17(14)20-18)15-6-3-7-16(13-15)22-11-4-12-26(22,24)25/h1-3,5-10,13H,4,11-12H2,(H,20,21,23). The molecule has 0 saturated carbocycles. The molecule has 4 rings (SSSR count). The Hall–Kier alpha value is -2.93. The number of para-hydroxylation sites is 1. The maximum atomic E-state index is 12.6. The lowest BCUT2D eigenvalue weighted by Crippen LogP contribution is -2.25. The lowest BCUT2D eigenvalue weighted by atomic mass is 10.2. The Morgan fingerprint density at radius 3 is 2.69 bits per heavy atom. The van der Waals surface area contributed by atoms with Crippen molar-refractivity contribution in [2.24, 2.45) is 0 Å². The molecule has 7 heteroatoms. The first kappa shape index (κ1) is 16.5. The molecule has 1 N–H and O–H groups in total. The number of hydrogen-bond donors (Lipinski definition) is 1. The van der Waals surface area contributed by atoms with Gasteiger partial charge in [-0.3, -0.25) is 9.10 Å². The van der Waals surface area contributed by atoms with Gasteiger partial charge in [0.05, 0.1) is 17.0 Å². The number of nitrogens with one attached hydrogen (secondary N) is 1. The molecule has 1 aliphatic rings. The zero-order chi connectivity index (χ0) is 18.1. The molecule has 0 radical (unpaired) electrons. The Balaban J connectivity index is 1.59. The third-order valence-electron chi connectivity index (χ3n) is 4.34. The van der Waals surface area contributed by atoms with E-state index in [-0.39, 0.29) is 11.7 Å². The molecule has 6 nitrogen and oxygen atoms in total. The molecule has 26 heavy (non-hydrogen) atoms. The molecule has 0 aliphatic carbocycles. The van der Waals surface area contributed by atoms with Crippen LogP contribution in [0.1, 0.15) is 16.8 Å². The molecule has 0 atom stereocenters. The van der Waals surface area contributed by atoms with Crippen molar-refractivity contribution in [1.82, 2.24) is 4.98 Å². The van der Waals surface area contributed by atoms with E-state index in [1.54, 1.807) is 30.3 Å². The van der Waals surface area contributed by atoms with Crippen LogP contribution in [0.4, 0.5) is 11.5 Å². The van der Waals surface area contributed by atoms with Crippen molar-refractivity contribution in [1.29, 1.82) is 0 Å². The predicted molar refractivity (Wildman–Crippen MR) is 102 cm³/mol. The molecule has 132 valence electrons. The molecule has 0 unspecified atom stereocenters. The number of amides is 1. The minimum absolute atomic E-state index is 0.143. The minimum atomic E-state index is -3.28. The molecule has 3 aromatic rings. The number of anilines is 2. The van der Waals surface area contributed by atoms with Gasteiger partial charge in [0.1, 0.15) is 5.82 Å². The molecular weight excluding hydrogens is 350 g/mol. The fourth-order valence-electron chi connectivity index (χ4n) is 3.06. The highest BCUT2D eigenvalue weighted by molar-refractivity contribution is 7.93. The van der Waals surface area contributed by atoms with Crippen molar-refractivity contribution in [3.8, 4) is 0 Å². The summed E-state index contributed by atoms with van der Waals surface area (Å²) in [5.41, 5.74) is 1.70. The smallest absolute Gasteiger partial charge is 0.256 e. The topological polar surface area (TPSA) is 79.4 Å². The van der Waals surface area contributed by atoms with Crippen LogP contribution < -0.4 is 9.62 Å². The summed E-state index contributed by atoms with van der Waals surface area (Å²) >= 11 is 0. The van der Waals surface area contributed by atoms with Gasteiger partial charge < -0.3 is 5.32 Å². The molecule has 1 fully saturated rings. The summed E-state index contributed by atoms with van der Waals surface area (Å²) in [4.78, 5) is 17.0. The van der Waals surface area contributed by atoms with Crippen LogP contribution in [0.25, 0.3) is 10.9 Å². The molecule has 2 heterocycles. The Bertz CT molecular complexity index is 1100. The van der Waals surface area contributed by atoms with Crippen LogP contribution in [0.5, 0.6) is 0 Å². The first-order chi connectivity index (χ1) is 12.5. The fraction of sp³-hybridized carbons (Fsp3) is 0.158. The van der Waals surface area contributed by atoms with Gasteiger partial charge in [0.15, 0.2) is 0 Å². The van der Waals surface area contributed by atoms with Gasteiger partial charge in [-0.2, -0.15) is 0 Å². The third-order valence-corrected chi connectivity index (χ3v) is 6.21. The third kappa shape index (κ3) is 3.13. The van der Waals surface area contributed by atoms with E-state index in [0.717, 1.165) is 10.9 Å². The molecule has 0 spiro atoms. The summed E-state index contributed by atoms with van der Waals surface area (Å²) in [7, 11) is -3.28. The number of rotatable bonds is 3. The summed E-state index contributed by atoms with van der Waals surface area (Å²) in [6, 6.07) is 17.9. The maximum absolute atomic E-state index is 12.6. The lowest BCUT2D eigenvalue weighted by molar-refractivity contribution is 0.102. The molecule has 0 bridgehead atoms. The van der Waals surface area contributed by atoms with E-state index in [2.05, 4.69) is 10.3 Å². The second-order valence-corrected chi connectivity index (χ2v) is 8.15. The van der Waals surface area contributed by atoms with Gasteiger partial charge in [-0.1, -0.05) is 24.3 Å². The van der Waals surface area contributed by atoms with Gasteiger partial charge in [-0.25, -0.2) is 13.4 Å². The second kappa shape index (κ2) is 6.42. The minimum Gasteiger partial charge on any atom is -0.307 e. The average Bonchev–Trinajstić information content (AvgIpc) is 3.01. The fourth-order valence-corrected chi connectivity index (χ4v) is 4.61. The van der Waals surface area contributed by atoms with E-state index in [0.29, 0.717) is 30.0 Å². The second-order valence-electron chi connectivity index (χ2n) is 6.14. The quantitative estimate of drug-likeness (QED) is 0.772. The molecule has 1 saturated heterocycles. The van der Waals surface area contributed by atoms with Crippen LogP contribution in [0.2, 0.25) is 0 Å². The van der Waals surface area contributed by atoms with Crippen molar-refractivity contribution in [3.05, 3.63) is 66.2 Å². The SMILES string of the molecule is O=C(Nc1ccc2ccccc2n1)c1cccc(N2CCCS2(=O)=O)c1. The number of aromatic nitrogens is 1. The van der Waals surface area contributed by atoms with E-state index in [9.17, 15) is 13.2 Å². The number of fused-ring (bicyclic) bond motifs is 1. The van der Waals surface area contributed by atoms with Gasteiger partial charge in [0, 0.05) is 17.5 Å². The monoisotopic (exact) mass is 367 g/mol. The number of hydrogen-bond acceptors (Lipinski definition) is 4. The van der Waals surface area contributed by atoms with Crippen molar-refractivity contribution >= 4 is 38.3 Å². The van der Waals surface area contributed by atoms with Gasteiger partial charge in [0.2, 0.25) is 10.0 Å². The van der Waals surface area contributed by atoms with Crippen LogP contribution in [0, 0.1) is 0 Å². The largest absolute Gasteiger partial charge is 0.307 e. The summed E-state index contributed by atoms with van der Waals surface area (Å²) in [5.74, 6) is 0.267. The van der Waals surface area contributed by atoms with Crippen LogP contribution >= 0.6 is 0 Å². The van der Waals surface area contributed by atoms with Crippen LogP contribution in [-0.2, 0) is 10.0 Å². The van der Waals surface area contributed by atoms with Crippen LogP contribution in [-0.4, -0.2) is 31.6 Å². The summed E-state index contributed by atoms with van der Waals surface area (Å²) in [6.45, 7) is 0.444.